The molecule has 0 saturated carbocycles. The van der Waals surface area contributed by atoms with E-state index in [1.807, 2.05) is 42.8 Å². The number of aliphatic hydroxyl groups is 1. The molecule has 0 aliphatic carbocycles. The van der Waals surface area contributed by atoms with E-state index in [1.54, 1.807) is 12.4 Å². The Labute approximate surface area is 194 Å². The molecule has 0 unspecified atom stereocenters. The third-order valence-electron chi connectivity index (χ3n) is 5.78. The number of benzene rings is 2. The van der Waals surface area contributed by atoms with Crippen molar-refractivity contribution >= 4 is 0 Å². The normalized spacial score (nSPS) is 12.3. The Morgan fingerprint density at radius 3 is 2.44 bits per heavy atom. The van der Waals surface area contributed by atoms with Crippen LogP contribution in [-0.4, -0.2) is 25.8 Å². The first-order chi connectivity index (χ1) is 16.3. The maximum Gasteiger partial charge on any atom is 0.265 e. The van der Waals surface area contributed by atoms with Gasteiger partial charge in [0.2, 0.25) is 0 Å². The summed E-state index contributed by atoms with van der Waals surface area (Å²) in [7, 11) is 0. The molecule has 176 valence electrons. The van der Waals surface area contributed by atoms with Gasteiger partial charge < -0.3 is 14.2 Å². The van der Waals surface area contributed by atoms with Crippen molar-refractivity contribution in [3.05, 3.63) is 117 Å². The fraction of sp³-hybridized carbons (Fsp3) is 0.231. The van der Waals surface area contributed by atoms with Gasteiger partial charge in [-0.05, 0) is 54.8 Å². The number of nitrogens with zero attached hydrogens (tertiary/aromatic N) is 3. The van der Waals surface area contributed by atoms with Gasteiger partial charge in [0.15, 0.2) is 0 Å². The number of aromatic nitrogens is 3. The minimum Gasteiger partial charge on any atom is -0.394 e. The highest BCUT2D eigenvalue weighted by atomic mass is 19.3. The maximum absolute atomic E-state index is 13.8. The summed E-state index contributed by atoms with van der Waals surface area (Å²) in [5, 5.41) is 9.96. The Morgan fingerprint density at radius 1 is 1.03 bits per heavy atom. The lowest BCUT2D eigenvalue weighted by Gasteiger charge is -2.20. The number of aliphatic hydroxyl groups excluding tert-OH is 1. The number of imidazole rings is 1. The molecule has 1 N–H and O–H groups in total. The van der Waals surface area contributed by atoms with Crippen molar-refractivity contribution in [2.45, 2.75) is 32.7 Å². The Balaban J connectivity index is 1.74. The molecule has 0 aliphatic rings. The second-order valence-electron chi connectivity index (χ2n) is 8.29. The number of hydrogen-bond acceptors (Lipinski definition) is 3. The first kappa shape index (κ1) is 23.5. The molecule has 0 amide bonds. The molecule has 0 fully saturated rings. The molecule has 1 atom stereocenters. The summed E-state index contributed by atoms with van der Waals surface area (Å²) < 4.78 is 44.1. The van der Waals surface area contributed by atoms with Crippen LogP contribution in [0.5, 0.6) is 0 Å². The van der Waals surface area contributed by atoms with Crippen LogP contribution in [0.2, 0.25) is 0 Å². The van der Waals surface area contributed by atoms with E-state index in [9.17, 15) is 23.1 Å². The Hall–Kier alpha value is -3.65. The summed E-state index contributed by atoms with van der Waals surface area (Å²) in [5.41, 5.74) is 3.15. The molecular formula is C26H24F3N3O2. The summed E-state index contributed by atoms with van der Waals surface area (Å²) in [5.74, 6) is -0.544. The van der Waals surface area contributed by atoms with E-state index in [-0.39, 0.29) is 17.5 Å². The largest absolute Gasteiger partial charge is 0.394 e. The van der Waals surface area contributed by atoms with E-state index in [0.717, 1.165) is 33.3 Å². The van der Waals surface area contributed by atoms with Crippen LogP contribution in [0.4, 0.5) is 13.2 Å². The molecule has 0 bridgehead atoms. The van der Waals surface area contributed by atoms with Crippen molar-refractivity contribution in [3.63, 3.8) is 0 Å². The van der Waals surface area contributed by atoms with Gasteiger partial charge in [-0.2, -0.15) is 0 Å². The molecule has 0 radical (unpaired) electrons. The van der Waals surface area contributed by atoms with Gasteiger partial charge in [-0.25, -0.2) is 18.2 Å². The van der Waals surface area contributed by atoms with Crippen molar-refractivity contribution in [2.75, 3.05) is 6.61 Å². The molecular weight excluding hydrogens is 443 g/mol. The SMILES string of the molecule is Cc1cn(-c2ccc(Cc3cc(C(F)F)cn([C@@H](CO)c4cccc(F)c4)c3=O)cc2C)cn1. The number of hydrogen-bond donors (Lipinski definition) is 1. The quantitative estimate of drug-likeness (QED) is 0.421. The van der Waals surface area contributed by atoms with Crippen LogP contribution < -0.4 is 5.56 Å². The van der Waals surface area contributed by atoms with Crippen molar-refractivity contribution in [3.8, 4) is 5.69 Å². The van der Waals surface area contributed by atoms with Gasteiger partial charge in [0, 0.05) is 35.6 Å². The molecule has 4 aromatic rings. The minimum absolute atomic E-state index is 0.130. The number of alkyl halides is 2. The van der Waals surface area contributed by atoms with Crippen molar-refractivity contribution < 1.29 is 18.3 Å². The van der Waals surface area contributed by atoms with Crippen LogP contribution in [0.15, 0.2) is 72.0 Å². The summed E-state index contributed by atoms with van der Waals surface area (Å²) in [4.78, 5) is 17.5. The van der Waals surface area contributed by atoms with E-state index in [4.69, 9.17) is 0 Å². The minimum atomic E-state index is -2.81. The molecule has 5 nitrogen and oxygen atoms in total. The first-order valence-electron chi connectivity index (χ1n) is 10.8. The van der Waals surface area contributed by atoms with Crippen molar-refractivity contribution in [1.82, 2.24) is 14.1 Å². The average molecular weight is 467 g/mol. The Bertz CT molecular complexity index is 1380. The zero-order valence-corrected chi connectivity index (χ0v) is 18.8. The number of aryl methyl sites for hydroxylation is 2. The zero-order valence-electron chi connectivity index (χ0n) is 18.8. The Kier molecular flexibility index (Phi) is 6.70. The van der Waals surface area contributed by atoms with E-state index < -0.39 is 30.5 Å². The number of halogens is 3. The lowest BCUT2D eigenvalue weighted by Crippen LogP contribution is -2.30. The smallest absolute Gasteiger partial charge is 0.265 e. The van der Waals surface area contributed by atoms with Gasteiger partial charge in [0.25, 0.3) is 12.0 Å². The molecule has 2 heterocycles. The molecule has 34 heavy (non-hydrogen) atoms. The van der Waals surface area contributed by atoms with Gasteiger partial charge in [-0.3, -0.25) is 4.79 Å². The highest BCUT2D eigenvalue weighted by molar-refractivity contribution is 5.44. The Morgan fingerprint density at radius 2 is 1.82 bits per heavy atom. The lowest BCUT2D eigenvalue weighted by atomic mass is 10.0. The van der Waals surface area contributed by atoms with Crippen LogP contribution in [0, 0.1) is 19.7 Å². The third kappa shape index (κ3) is 4.82. The van der Waals surface area contributed by atoms with E-state index in [0.29, 0.717) is 5.56 Å². The summed E-state index contributed by atoms with van der Waals surface area (Å²) >= 11 is 0. The van der Waals surface area contributed by atoms with E-state index >= 15 is 0 Å². The fourth-order valence-electron chi connectivity index (χ4n) is 4.12. The highest BCUT2D eigenvalue weighted by Crippen LogP contribution is 2.24. The van der Waals surface area contributed by atoms with Gasteiger partial charge in [-0.15, -0.1) is 0 Å². The predicted molar refractivity (Wildman–Crippen MR) is 123 cm³/mol. The number of pyridine rings is 1. The highest BCUT2D eigenvalue weighted by Gasteiger charge is 2.20. The second-order valence-corrected chi connectivity index (χ2v) is 8.29. The maximum atomic E-state index is 13.8. The van der Waals surface area contributed by atoms with Crippen LogP contribution >= 0.6 is 0 Å². The molecule has 0 aliphatic heterocycles. The van der Waals surface area contributed by atoms with Crippen LogP contribution in [0.1, 0.15) is 46.0 Å². The van der Waals surface area contributed by atoms with Crippen LogP contribution in [0.3, 0.4) is 0 Å². The molecule has 4 rings (SSSR count). The van der Waals surface area contributed by atoms with Gasteiger partial charge >= 0.3 is 0 Å². The molecule has 2 aromatic heterocycles. The topological polar surface area (TPSA) is 60.0 Å². The average Bonchev–Trinajstić information content (AvgIpc) is 3.22. The van der Waals surface area contributed by atoms with E-state index in [2.05, 4.69) is 4.98 Å². The first-order valence-corrected chi connectivity index (χ1v) is 10.8. The molecule has 0 saturated heterocycles. The molecule has 2 aromatic carbocycles. The zero-order chi connectivity index (χ0) is 24.4. The molecule has 0 spiro atoms. The summed E-state index contributed by atoms with van der Waals surface area (Å²) in [6.07, 6.45) is 1.96. The molecule has 8 heteroatoms. The van der Waals surface area contributed by atoms with Gasteiger partial charge in [0.05, 0.1) is 24.7 Å². The van der Waals surface area contributed by atoms with Crippen LogP contribution in [0.25, 0.3) is 5.69 Å². The van der Waals surface area contributed by atoms with Crippen molar-refractivity contribution in [1.29, 1.82) is 0 Å². The number of rotatable bonds is 7. The van der Waals surface area contributed by atoms with E-state index in [1.165, 1.54) is 24.3 Å². The summed E-state index contributed by atoms with van der Waals surface area (Å²) in [6, 6.07) is 11.3. The van der Waals surface area contributed by atoms with Crippen molar-refractivity contribution in [2.24, 2.45) is 0 Å². The third-order valence-corrected chi connectivity index (χ3v) is 5.78. The lowest BCUT2D eigenvalue weighted by molar-refractivity contribution is 0.149. The van der Waals surface area contributed by atoms with Gasteiger partial charge in [-0.1, -0.05) is 24.3 Å². The predicted octanol–water partition coefficient (Wildman–Crippen LogP) is 4.90. The van der Waals surface area contributed by atoms with Gasteiger partial charge in [0.1, 0.15) is 5.82 Å². The second kappa shape index (κ2) is 9.69. The monoisotopic (exact) mass is 467 g/mol. The van der Waals surface area contributed by atoms with Crippen LogP contribution in [-0.2, 0) is 6.42 Å². The fourth-order valence-corrected chi connectivity index (χ4v) is 4.12. The standard InChI is InChI=1S/C26H24F3N3O2/c1-16-8-18(6-7-23(16)31-12-17(2)30-15-31)9-20-10-21(25(28)29)13-32(26(20)34)24(14-33)19-4-3-5-22(27)11-19/h3-8,10-13,15,24-25,33H,9,14H2,1-2H3/t24-/m0/s1. The summed E-state index contributed by atoms with van der Waals surface area (Å²) in [6.45, 7) is 3.27.